The molecule has 1 rings (SSSR count). The molecule has 1 fully saturated rings. The van der Waals surface area contributed by atoms with E-state index in [2.05, 4.69) is 31.0 Å². The second-order valence-corrected chi connectivity index (χ2v) is 6.34. The van der Waals surface area contributed by atoms with Gasteiger partial charge in [0.25, 0.3) is 0 Å². The molecule has 0 radical (unpaired) electrons. The molecule has 3 nitrogen and oxygen atoms in total. The van der Waals surface area contributed by atoms with Crippen LogP contribution in [-0.2, 0) is 4.79 Å². The van der Waals surface area contributed by atoms with Crippen molar-refractivity contribution in [2.24, 2.45) is 5.41 Å². The van der Waals surface area contributed by atoms with E-state index in [-0.39, 0.29) is 11.3 Å². The number of rotatable bonds is 4. The van der Waals surface area contributed by atoms with Crippen LogP contribution in [0.25, 0.3) is 0 Å². The molecule has 0 aromatic carbocycles. The van der Waals surface area contributed by atoms with E-state index in [0.29, 0.717) is 6.42 Å². The monoisotopic (exact) mass is 240 g/mol. The van der Waals surface area contributed by atoms with Crippen molar-refractivity contribution in [3.63, 3.8) is 0 Å². The first-order valence-corrected chi connectivity index (χ1v) is 6.96. The quantitative estimate of drug-likeness (QED) is 0.818. The number of hydrogen-bond donors (Lipinski definition) is 1. The van der Waals surface area contributed by atoms with Gasteiger partial charge in [-0.15, -0.1) is 0 Å². The largest absolute Gasteiger partial charge is 0.355 e. The Kier molecular flexibility index (Phi) is 5.96. The summed E-state index contributed by atoms with van der Waals surface area (Å²) >= 11 is 0. The van der Waals surface area contributed by atoms with Crippen LogP contribution in [-0.4, -0.2) is 37.0 Å². The zero-order valence-corrected chi connectivity index (χ0v) is 11.7. The van der Waals surface area contributed by atoms with E-state index in [9.17, 15) is 4.79 Å². The molecule has 1 N–H and O–H groups in total. The summed E-state index contributed by atoms with van der Waals surface area (Å²) in [5.41, 5.74) is 0.0900. The van der Waals surface area contributed by atoms with E-state index in [4.69, 9.17) is 0 Å². The van der Waals surface area contributed by atoms with Gasteiger partial charge < -0.3 is 10.2 Å². The topological polar surface area (TPSA) is 32.3 Å². The fourth-order valence-electron chi connectivity index (χ4n) is 2.26. The van der Waals surface area contributed by atoms with Crippen LogP contribution in [0.5, 0.6) is 0 Å². The van der Waals surface area contributed by atoms with Crippen LogP contribution >= 0.6 is 0 Å². The smallest absolute Gasteiger partial charge is 0.220 e. The minimum absolute atomic E-state index is 0.0900. The van der Waals surface area contributed by atoms with E-state index < -0.39 is 0 Å². The Morgan fingerprint density at radius 3 is 2.24 bits per heavy atom. The first kappa shape index (κ1) is 14.5. The highest BCUT2D eigenvalue weighted by atomic mass is 16.1. The summed E-state index contributed by atoms with van der Waals surface area (Å²) in [6.07, 6.45) is 5.98. The average molecular weight is 240 g/mol. The fraction of sp³-hybridized carbons (Fsp3) is 0.929. The Balaban J connectivity index is 2.12. The Labute approximate surface area is 106 Å². The lowest BCUT2D eigenvalue weighted by atomic mass is 9.92. The maximum atomic E-state index is 11.6. The van der Waals surface area contributed by atoms with Gasteiger partial charge in [-0.1, -0.05) is 33.6 Å². The molecule has 1 saturated heterocycles. The van der Waals surface area contributed by atoms with Crippen LogP contribution in [0.4, 0.5) is 0 Å². The number of nitrogens with zero attached hydrogens (tertiary/aromatic N) is 1. The summed E-state index contributed by atoms with van der Waals surface area (Å²) < 4.78 is 0. The maximum Gasteiger partial charge on any atom is 0.220 e. The highest BCUT2D eigenvalue weighted by Crippen LogP contribution is 2.17. The summed E-state index contributed by atoms with van der Waals surface area (Å²) in [5.74, 6) is 0.187. The Morgan fingerprint density at radius 1 is 1.12 bits per heavy atom. The van der Waals surface area contributed by atoms with Gasteiger partial charge in [0.1, 0.15) is 0 Å². The number of likely N-dealkylation sites (tertiary alicyclic amines) is 1. The molecule has 0 spiro atoms. The van der Waals surface area contributed by atoms with Gasteiger partial charge in [0.15, 0.2) is 0 Å². The molecular weight excluding hydrogens is 212 g/mol. The van der Waals surface area contributed by atoms with Crippen molar-refractivity contribution in [3.05, 3.63) is 0 Å². The number of carbonyl (C=O) groups excluding carboxylic acids is 1. The van der Waals surface area contributed by atoms with Crippen LogP contribution in [0.1, 0.15) is 52.9 Å². The highest BCUT2D eigenvalue weighted by Gasteiger charge is 2.15. The molecule has 17 heavy (non-hydrogen) atoms. The van der Waals surface area contributed by atoms with E-state index in [1.54, 1.807) is 0 Å². The van der Waals surface area contributed by atoms with Crippen molar-refractivity contribution in [3.8, 4) is 0 Å². The van der Waals surface area contributed by atoms with Gasteiger partial charge >= 0.3 is 0 Å². The van der Waals surface area contributed by atoms with E-state index >= 15 is 0 Å². The molecule has 1 heterocycles. The van der Waals surface area contributed by atoms with Gasteiger partial charge in [0, 0.05) is 19.5 Å². The molecule has 1 amide bonds. The van der Waals surface area contributed by atoms with Crippen molar-refractivity contribution in [1.82, 2.24) is 10.2 Å². The summed E-state index contributed by atoms with van der Waals surface area (Å²) in [7, 11) is 0. The molecule has 0 aromatic heterocycles. The minimum Gasteiger partial charge on any atom is -0.355 e. The summed E-state index contributed by atoms with van der Waals surface area (Å²) in [6, 6.07) is 0. The van der Waals surface area contributed by atoms with Crippen LogP contribution < -0.4 is 5.32 Å². The maximum absolute atomic E-state index is 11.6. The minimum atomic E-state index is 0.0900. The molecule has 0 saturated carbocycles. The zero-order chi connectivity index (χ0) is 12.7. The van der Waals surface area contributed by atoms with Crippen molar-refractivity contribution in [2.75, 3.05) is 26.2 Å². The lowest BCUT2D eigenvalue weighted by Gasteiger charge is -2.21. The number of hydrogen-bond acceptors (Lipinski definition) is 2. The summed E-state index contributed by atoms with van der Waals surface area (Å²) in [5, 5.41) is 3.03. The Morgan fingerprint density at radius 2 is 1.71 bits per heavy atom. The van der Waals surface area contributed by atoms with Crippen molar-refractivity contribution in [1.29, 1.82) is 0 Å². The third kappa shape index (κ3) is 7.37. The van der Waals surface area contributed by atoms with Crippen LogP contribution in [0, 0.1) is 5.41 Å². The van der Waals surface area contributed by atoms with Gasteiger partial charge in [-0.2, -0.15) is 0 Å². The highest BCUT2D eigenvalue weighted by molar-refractivity contribution is 5.76. The molecule has 0 aliphatic carbocycles. The molecule has 0 unspecified atom stereocenters. The van der Waals surface area contributed by atoms with Gasteiger partial charge in [-0.05, 0) is 31.3 Å². The predicted molar refractivity (Wildman–Crippen MR) is 72.0 cm³/mol. The number of nitrogens with one attached hydrogen (secondary N) is 1. The van der Waals surface area contributed by atoms with Gasteiger partial charge in [0.2, 0.25) is 5.91 Å². The average Bonchev–Trinajstić information content (AvgIpc) is 2.43. The van der Waals surface area contributed by atoms with Crippen molar-refractivity contribution < 1.29 is 4.79 Å². The second kappa shape index (κ2) is 7.00. The molecule has 100 valence electrons. The Bertz CT molecular complexity index is 225. The zero-order valence-electron chi connectivity index (χ0n) is 11.7. The molecular formula is C14H28N2O. The first-order chi connectivity index (χ1) is 7.97. The summed E-state index contributed by atoms with van der Waals surface area (Å²) in [4.78, 5) is 14.1. The lowest BCUT2D eigenvalue weighted by molar-refractivity contribution is -0.122. The lowest BCUT2D eigenvalue weighted by Crippen LogP contribution is -2.36. The van der Waals surface area contributed by atoms with Crippen LogP contribution in [0.3, 0.4) is 0 Å². The van der Waals surface area contributed by atoms with E-state index in [1.807, 2.05) is 0 Å². The van der Waals surface area contributed by atoms with Crippen molar-refractivity contribution in [2.45, 2.75) is 52.9 Å². The molecule has 3 heteroatoms. The van der Waals surface area contributed by atoms with Crippen LogP contribution in [0.15, 0.2) is 0 Å². The predicted octanol–water partition coefficient (Wildman–Crippen LogP) is 2.41. The third-order valence-electron chi connectivity index (χ3n) is 3.14. The molecule has 0 bridgehead atoms. The van der Waals surface area contributed by atoms with E-state index in [1.165, 1.54) is 38.8 Å². The molecule has 1 aliphatic rings. The van der Waals surface area contributed by atoms with E-state index in [0.717, 1.165) is 13.1 Å². The first-order valence-electron chi connectivity index (χ1n) is 6.96. The van der Waals surface area contributed by atoms with Crippen LogP contribution in [0.2, 0.25) is 0 Å². The molecule has 1 aliphatic heterocycles. The molecule has 0 atom stereocenters. The van der Waals surface area contributed by atoms with Gasteiger partial charge in [0.05, 0.1) is 0 Å². The van der Waals surface area contributed by atoms with Gasteiger partial charge in [-0.25, -0.2) is 0 Å². The fourth-order valence-corrected chi connectivity index (χ4v) is 2.26. The van der Waals surface area contributed by atoms with Crippen molar-refractivity contribution >= 4 is 5.91 Å². The molecule has 0 aromatic rings. The standard InChI is InChI=1S/C14H28N2O/c1-14(2,3)12-13(17)15-8-11-16-9-6-4-5-7-10-16/h4-12H2,1-3H3,(H,15,17). The number of amides is 1. The Hall–Kier alpha value is -0.570. The normalized spacial score (nSPS) is 18.8. The SMILES string of the molecule is CC(C)(C)CC(=O)NCCN1CCCCCC1. The number of carbonyl (C=O) groups is 1. The summed E-state index contributed by atoms with van der Waals surface area (Å²) in [6.45, 7) is 10.5. The second-order valence-electron chi connectivity index (χ2n) is 6.34. The third-order valence-corrected chi connectivity index (χ3v) is 3.14. The van der Waals surface area contributed by atoms with Gasteiger partial charge in [-0.3, -0.25) is 4.79 Å².